The number of alkyl halides is 1. The number of piperidine rings is 1. The van der Waals surface area contributed by atoms with Gasteiger partial charge in [-0.1, -0.05) is 27.2 Å². The molecule has 0 bridgehead atoms. The first-order valence-electron chi connectivity index (χ1n) is 7.97. The zero-order chi connectivity index (χ0) is 15.5. The Labute approximate surface area is 127 Å². The van der Waals surface area contributed by atoms with Gasteiger partial charge in [-0.25, -0.2) is 4.39 Å². The molecule has 4 heteroatoms. The number of aromatic nitrogens is 1. The number of hydrogen-bond acceptors (Lipinski definition) is 3. The Hall–Kier alpha value is -1.16. The number of rotatable bonds is 5. The monoisotopic (exact) mass is 293 g/mol. The van der Waals surface area contributed by atoms with E-state index in [4.69, 9.17) is 0 Å². The van der Waals surface area contributed by atoms with Crippen molar-refractivity contribution in [2.45, 2.75) is 57.7 Å². The van der Waals surface area contributed by atoms with E-state index in [1.807, 2.05) is 18.1 Å². The Morgan fingerprint density at radius 2 is 2.19 bits per heavy atom. The van der Waals surface area contributed by atoms with E-state index in [-0.39, 0.29) is 11.5 Å². The summed E-state index contributed by atoms with van der Waals surface area (Å²) < 4.78 is 14.1. The number of likely N-dealkylation sites (tertiary alicyclic amines) is 1. The number of anilines is 1. The third kappa shape index (κ3) is 4.16. The van der Waals surface area contributed by atoms with Gasteiger partial charge >= 0.3 is 0 Å². The summed E-state index contributed by atoms with van der Waals surface area (Å²) in [5.41, 5.74) is 2.27. The second kappa shape index (κ2) is 6.73. The quantitative estimate of drug-likeness (QED) is 0.899. The van der Waals surface area contributed by atoms with E-state index in [1.165, 1.54) is 5.56 Å². The van der Waals surface area contributed by atoms with Crippen LogP contribution in [0.1, 0.15) is 45.6 Å². The average molecular weight is 293 g/mol. The maximum absolute atomic E-state index is 14.1. The third-order valence-corrected chi connectivity index (χ3v) is 4.49. The highest BCUT2D eigenvalue weighted by molar-refractivity contribution is 5.45. The van der Waals surface area contributed by atoms with Crippen LogP contribution in [0, 0.1) is 0 Å². The van der Waals surface area contributed by atoms with Crippen molar-refractivity contribution in [1.29, 1.82) is 0 Å². The van der Waals surface area contributed by atoms with Gasteiger partial charge in [-0.2, -0.15) is 0 Å². The fourth-order valence-electron chi connectivity index (χ4n) is 3.09. The van der Waals surface area contributed by atoms with Crippen molar-refractivity contribution in [3.63, 3.8) is 0 Å². The third-order valence-electron chi connectivity index (χ3n) is 4.49. The molecule has 1 aromatic heterocycles. The first-order valence-corrected chi connectivity index (χ1v) is 7.97. The maximum atomic E-state index is 14.1. The molecule has 2 unspecified atom stereocenters. The first kappa shape index (κ1) is 16.2. The molecule has 0 saturated carbocycles. The summed E-state index contributed by atoms with van der Waals surface area (Å²) in [5.74, 6) is 0. The summed E-state index contributed by atoms with van der Waals surface area (Å²) in [6.45, 7) is 8.12. The molecule has 2 heterocycles. The first-order chi connectivity index (χ1) is 9.92. The molecule has 1 aliphatic rings. The molecule has 0 spiro atoms. The van der Waals surface area contributed by atoms with Crippen LogP contribution in [0.25, 0.3) is 0 Å². The highest BCUT2D eigenvalue weighted by atomic mass is 19.1. The van der Waals surface area contributed by atoms with Gasteiger partial charge in [0, 0.05) is 25.5 Å². The number of hydrogen-bond donors (Lipinski definition) is 1. The predicted molar refractivity (Wildman–Crippen MR) is 86.6 cm³/mol. The molecule has 0 amide bonds. The topological polar surface area (TPSA) is 28.2 Å². The van der Waals surface area contributed by atoms with Crippen molar-refractivity contribution in [2.24, 2.45) is 0 Å². The molecule has 1 saturated heterocycles. The maximum Gasteiger partial charge on any atom is 0.133 e. The number of halogens is 1. The minimum absolute atomic E-state index is 0.104. The van der Waals surface area contributed by atoms with E-state index in [1.54, 1.807) is 6.20 Å². The lowest BCUT2D eigenvalue weighted by molar-refractivity contribution is 0.149. The van der Waals surface area contributed by atoms with Gasteiger partial charge in [0.1, 0.15) is 6.17 Å². The van der Waals surface area contributed by atoms with Gasteiger partial charge in [0.05, 0.1) is 11.7 Å². The van der Waals surface area contributed by atoms with Crippen molar-refractivity contribution in [3.8, 4) is 0 Å². The molecule has 2 atom stereocenters. The lowest BCUT2D eigenvalue weighted by Crippen LogP contribution is -2.46. The smallest absolute Gasteiger partial charge is 0.133 e. The molecule has 118 valence electrons. The average Bonchev–Trinajstić information content (AvgIpc) is 2.42. The number of nitrogens with one attached hydrogen (secondary N) is 1. The molecule has 1 fully saturated rings. The highest BCUT2D eigenvalue weighted by Crippen LogP contribution is 2.29. The highest BCUT2D eigenvalue weighted by Gasteiger charge is 2.28. The lowest BCUT2D eigenvalue weighted by atomic mass is 9.81. The fourth-order valence-corrected chi connectivity index (χ4v) is 3.09. The van der Waals surface area contributed by atoms with Gasteiger partial charge < -0.3 is 10.2 Å². The van der Waals surface area contributed by atoms with E-state index in [2.05, 4.69) is 37.1 Å². The van der Waals surface area contributed by atoms with Crippen molar-refractivity contribution in [2.75, 3.05) is 25.5 Å². The zero-order valence-electron chi connectivity index (χ0n) is 13.7. The Morgan fingerprint density at radius 1 is 1.43 bits per heavy atom. The zero-order valence-corrected chi connectivity index (χ0v) is 13.7. The van der Waals surface area contributed by atoms with Crippen molar-refractivity contribution in [3.05, 3.63) is 24.0 Å². The van der Waals surface area contributed by atoms with Crippen LogP contribution >= 0.6 is 0 Å². The normalized spacial score (nSPS) is 24.0. The SMILES string of the molecule is CCCC(C)(C)c1cncc(NC2CCN(C)CC2F)c1. The van der Waals surface area contributed by atoms with Crippen LogP contribution in [0.15, 0.2) is 18.5 Å². The summed E-state index contributed by atoms with van der Waals surface area (Å²) in [4.78, 5) is 6.39. The summed E-state index contributed by atoms with van der Waals surface area (Å²) in [5, 5.41) is 3.34. The Balaban J connectivity index is 2.07. The molecular formula is C17H28FN3. The van der Waals surface area contributed by atoms with Gasteiger partial charge in [0.25, 0.3) is 0 Å². The molecule has 1 aliphatic heterocycles. The van der Waals surface area contributed by atoms with E-state index in [9.17, 15) is 4.39 Å². The molecule has 3 nitrogen and oxygen atoms in total. The van der Waals surface area contributed by atoms with Gasteiger partial charge in [-0.15, -0.1) is 0 Å². The summed E-state index contributed by atoms with van der Waals surface area (Å²) in [7, 11) is 1.97. The summed E-state index contributed by atoms with van der Waals surface area (Å²) in [6.07, 6.45) is 6.01. The van der Waals surface area contributed by atoms with Crippen LogP contribution in [0.3, 0.4) is 0 Å². The summed E-state index contributed by atoms with van der Waals surface area (Å²) >= 11 is 0. The molecule has 1 aromatic rings. The van der Waals surface area contributed by atoms with Gasteiger partial charge in [-0.3, -0.25) is 4.98 Å². The van der Waals surface area contributed by atoms with E-state index < -0.39 is 6.17 Å². The number of nitrogens with zero attached hydrogens (tertiary/aromatic N) is 2. The van der Waals surface area contributed by atoms with Crippen LogP contribution < -0.4 is 5.32 Å². The second-order valence-electron chi connectivity index (χ2n) is 6.91. The minimum atomic E-state index is -0.823. The molecule has 21 heavy (non-hydrogen) atoms. The minimum Gasteiger partial charge on any atom is -0.378 e. The van der Waals surface area contributed by atoms with Crippen molar-refractivity contribution >= 4 is 5.69 Å². The van der Waals surface area contributed by atoms with Crippen molar-refractivity contribution in [1.82, 2.24) is 9.88 Å². The largest absolute Gasteiger partial charge is 0.378 e. The van der Waals surface area contributed by atoms with Crippen LogP contribution in [0.5, 0.6) is 0 Å². The molecule has 0 aliphatic carbocycles. The second-order valence-corrected chi connectivity index (χ2v) is 6.91. The summed E-state index contributed by atoms with van der Waals surface area (Å²) in [6, 6.07) is 2.03. The Bertz CT molecular complexity index is 461. The molecule has 2 rings (SSSR count). The van der Waals surface area contributed by atoms with Crippen LogP contribution in [-0.2, 0) is 5.41 Å². The van der Waals surface area contributed by atoms with Crippen molar-refractivity contribution < 1.29 is 4.39 Å². The van der Waals surface area contributed by atoms with Gasteiger partial charge in [-0.05, 0) is 36.9 Å². The van der Waals surface area contributed by atoms with Gasteiger partial charge in [0.2, 0.25) is 0 Å². The van der Waals surface area contributed by atoms with Crippen LogP contribution in [0.4, 0.5) is 10.1 Å². The van der Waals surface area contributed by atoms with Gasteiger partial charge in [0.15, 0.2) is 0 Å². The van der Waals surface area contributed by atoms with E-state index in [0.29, 0.717) is 6.54 Å². The standard InChI is InChI=1S/C17H28FN3/c1-5-7-17(2,3)13-9-14(11-19-10-13)20-16-6-8-21(4)12-15(16)18/h9-11,15-16,20H,5-8,12H2,1-4H3. The number of pyridine rings is 1. The molecular weight excluding hydrogens is 265 g/mol. The predicted octanol–water partition coefficient (Wildman–Crippen LogP) is 3.61. The Kier molecular flexibility index (Phi) is 5.20. The lowest BCUT2D eigenvalue weighted by Gasteiger charge is -2.33. The Morgan fingerprint density at radius 3 is 2.86 bits per heavy atom. The van der Waals surface area contributed by atoms with E-state index in [0.717, 1.165) is 31.5 Å². The van der Waals surface area contributed by atoms with Crippen LogP contribution in [0.2, 0.25) is 0 Å². The van der Waals surface area contributed by atoms with Crippen LogP contribution in [-0.4, -0.2) is 42.2 Å². The van der Waals surface area contributed by atoms with E-state index >= 15 is 0 Å². The fraction of sp³-hybridized carbons (Fsp3) is 0.706. The molecule has 0 aromatic carbocycles. The molecule has 1 N–H and O–H groups in total. The molecule has 0 radical (unpaired) electrons.